The average molecular weight is 424 g/mol. The maximum Gasteiger partial charge on any atom is 0.416 e. The first kappa shape index (κ1) is 20.0. The van der Waals surface area contributed by atoms with Crippen LogP contribution < -0.4 is 5.32 Å². The number of hydrogen-bond acceptors (Lipinski definition) is 4. The number of hydrogen-bond donors (Lipinski definition) is 1. The molecule has 4 nitrogen and oxygen atoms in total. The highest BCUT2D eigenvalue weighted by Gasteiger charge is 2.30. The van der Waals surface area contributed by atoms with E-state index < -0.39 is 17.6 Å². The van der Waals surface area contributed by atoms with Crippen molar-refractivity contribution in [1.82, 2.24) is 15.3 Å². The van der Waals surface area contributed by atoms with Crippen LogP contribution in [0.4, 0.5) is 13.2 Å². The lowest BCUT2D eigenvalue weighted by atomic mass is 10.1. The Morgan fingerprint density at radius 1 is 1.21 bits per heavy atom. The Balaban J connectivity index is 1.61. The van der Waals surface area contributed by atoms with Gasteiger partial charge in [0.15, 0.2) is 0 Å². The number of alkyl halides is 3. The van der Waals surface area contributed by atoms with Gasteiger partial charge in [0.2, 0.25) is 5.91 Å². The van der Waals surface area contributed by atoms with Crippen LogP contribution in [-0.4, -0.2) is 15.9 Å². The maximum absolute atomic E-state index is 12.8. The summed E-state index contributed by atoms with van der Waals surface area (Å²) in [5.74, 6) is -0.464. The standard InChI is InChI=1S/C19H13ClF3N3OS/c20-15-3-2-14(19(21,22)23)9-13(15)1-4-17(27)25-10-18-26-16(11-28-18)12-5-7-24-8-6-12/h1-9,11H,10H2,(H,25,27)/b4-1+. The minimum Gasteiger partial charge on any atom is -0.346 e. The summed E-state index contributed by atoms with van der Waals surface area (Å²) < 4.78 is 38.3. The smallest absolute Gasteiger partial charge is 0.346 e. The van der Waals surface area contributed by atoms with E-state index in [9.17, 15) is 18.0 Å². The quantitative estimate of drug-likeness (QED) is 0.573. The molecule has 0 saturated heterocycles. The van der Waals surface area contributed by atoms with Crippen LogP contribution in [0.2, 0.25) is 5.02 Å². The van der Waals surface area contributed by atoms with Gasteiger partial charge in [-0.1, -0.05) is 11.6 Å². The second-order valence-electron chi connectivity index (χ2n) is 5.65. The van der Waals surface area contributed by atoms with Crippen LogP contribution in [0.15, 0.2) is 54.2 Å². The second-order valence-corrected chi connectivity index (χ2v) is 7.00. The van der Waals surface area contributed by atoms with Crippen LogP contribution in [-0.2, 0) is 17.5 Å². The van der Waals surface area contributed by atoms with Crippen LogP contribution in [0.1, 0.15) is 16.1 Å². The highest BCUT2D eigenvalue weighted by molar-refractivity contribution is 7.09. The Hall–Kier alpha value is -2.71. The fraction of sp³-hybridized carbons (Fsp3) is 0.105. The van der Waals surface area contributed by atoms with Gasteiger partial charge in [-0.05, 0) is 42.0 Å². The molecule has 0 radical (unpaired) electrons. The molecule has 9 heteroatoms. The number of carbonyl (C=O) groups is 1. The van der Waals surface area contributed by atoms with Gasteiger partial charge in [-0.25, -0.2) is 4.98 Å². The lowest BCUT2D eigenvalue weighted by Crippen LogP contribution is -2.20. The molecule has 1 amide bonds. The molecule has 0 spiro atoms. The van der Waals surface area contributed by atoms with Gasteiger partial charge in [0, 0.05) is 34.4 Å². The zero-order valence-corrected chi connectivity index (χ0v) is 15.8. The summed E-state index contributed by atoms with van der Waals surface area (Å²) in [6.07, 6.45) is 1.24. The third-order valence-electron chi connectivity index (χ3n) is 3.68. The molecule has 0 bridgehead atoms. The predicted molar refractivity (Wildman–Crippen MR) is 103 cm³/mol. The summed E-state index contributed by atoms with van der Waals surface area (Å²) in [6.45, 7) is 0.204. The lowest BCUT2D eigenvalue weighted by Gasteiger charge is -2.08. The van der Waals surface area contributed by atoms with E-state index in [1.807, 2.05) is 17.5 Å². The Morgan fingerprint density at radius 3 is 2.68 bits per heavy atom. The third kappa shape index (κ3) is 5.17. The van der Waals surface area contributed by atoms with E-state index in [-0.39, 0.29) is 17.1 Å². The Morgan fingerprint density at radius 2 is 1.96 bits per heavy atom. The van der Waals surface area contributed by atoms with Crippen molar-refractivity contribution in [2.75, 3.05) is 0 Å². The molecular weight excluding hydrogens is 411 g/mol. The monoisotopic (exact) mass is 423 g/mol. The molecule has 0 aliphatic rings. The number of carbonyl (C=O) groups excluding carboxylic acids is 1. The molecule has 1 N–H and O–H groups in total. The maximum atomic E-state index is 12.8. The Kier molecular flexibility index (Phi) is 6.11. The van der Waals surface area contributed by atoms with Crippen LogP contribution in [0.25, 0.3) is 17.3 Å². The van der Waals surface area contributed by atoms with Crippen molar-refractivity contribution in [2.45, 2.75) is 12.7 Å². The Labute approximate surface area is 167 Å². The van der Waals surface area contributed by atoms with Crippen LogP contribution in [0.3, 0.4) is 0 Å². The van der Waals surface area contributed by atoms with E-state index in [0.717, 1.165) is 35.5 Å². The van der Waals surface area contributed by atoms with Crippen LogP contribution >= 0.6 is 22.9 Å². The van der Waals surface area contributed by atoms with E-state index in [0.29, 0.717) is 5.01 Å². The first-order valence-corrected chi connectivity index (χ1v) is 9.26. The van der Waals surface area contributed by atoms with Crippen LogP contribution in [0, 0.1) is 0 Å². The molecule has 0 aliphatic heterocycles. The van der Waals surface area contributed by atoms with E-state index in [1.165, 1.54) is 17.4 Å². The van der Waals surface area contributed by atoms with Gasteiger partial charge < -0.3 is 5.32 Å². The molecule has 0 atom stereocenters. The van der Waals surface area contributed by atoms with Crippen molar-refractivity contribution in [3.63, 3.8) is 0 Å². The summed E-state index contributed by atoms with van der Waals surface area (Å²) in [6, 6.07) is 6.60. The van der Waals surface area contributed by atoms with Crippen molar-refractivity contribution in [1.29, 1.82) is 0 Å². The summed E-state index contributed by atoms with van der Waals surface area (Å²) in [7, 11) is 0. The number of thiazole rings is 1. The molecule has 0 fully saturated rings. The van der Waals surface area contributed by atoms with Crippen molar-refractivity contribution < 1.29 is 18.0 Å². The number of pyridine rings is 1. The minimum absolute atomic E-state index is 0.112. The third-order valence-corrected chi connectivity index (χ3v) is 4.87. The lowest BCUT2D eigenvalue weighted by molar-refractivity contribution is -0.137. The topological polar surface area (TPSA) is 54.9 Å². The first-order valence-electron chi connectivity index (χ1n) is 8.00. The van der Waals surface area contributed by atoms with E-state index >= 15 is 0 Å². The first-order chi connectivity index (χ1) is 13.3. The SMILES string of the molecule is O=C(/C=C/c1cc(C(F)(F)F)ccc1Cl)NCc1nc(-c2ccncc2)cs1. The molecule has 3 rings (SSSR count). The van der Waals surface area contributed by atoms with Crippen LogP contribution in [0.5, 0.6) is 0 Å². The average Bonchev–Trinajstić information content (AvgIpc) is 3.14. The highest BCUT2D eigenvalue weighted by atomic mass is 35.5. The fourth-order valence-electron chi connectivity index (χ4n) is 2.28. The number of rotatable bonds is 5. The highest BCUT2D eigenvalue weighted by Crippen LogP contribution is 2.32. The normalized spacial score (nSPS) is 11.7. The van der Waals surface area contributed by atoms with Gasteiger partial charge in [0.25, 0.3) is 0 Å². The van der Waals surface area contributed by atoms with Gasteiger partial charge in [-0.15, -0.1) is 11.3 Å². The van der Waals surface area contributed by atoms with E-state index in [1.54, 1.807) is 12.4 Å². The molecule has 0 unspecified atom stereocenters. The molecule has 28 heavy (non-hydrogen) atoms. The van der Waals surface area contributed by atoms with E-state index in [4.69, 9.17) is 11.6 Å². The molecule has 2 aromatic heterocycles. The molecular formula is C19H13ClF3N3OS. The number of amides is 1. The number of halogens is 4. The predicted octanol–water partition coefficient (Wildman–Crippen LogP) is 5.21. The molecule has 0 saturated carbocycles. The largest absolute Gasteiger partial charge is 0.416 e. The molecule has 2 heterocycles. The summed E-state index contributed by atoms with van der Waals surface area (Å²) in [5.41, 5.74) is 0.982. The number of nitrogens with zero attached hydrogens (tertiary/aromatic N) is 2. The molecule has 3 aromatic rings. The number of benzene rings is 1. The zero-order valence-electron chi connectivity index (χ0n) is 14.2. The van der Waals surface area contributed by atoms with E-state index in [2.05, 4.69) is 15.3 Å². The van der Waals surface area contributed by atoms with Gasteiger partial charge in [0.05, 0.1) is 17.8 Å². The van der Waals surface area contributed by atoms with Gasteiger partial charge in [-0.2, -0.15) is 13.2 Å². The second kappa shape index (κ2) is 8.53. The molecule has 0 aliphatic carbocycles. The van der Waals surface area contributed by atoms with Gasteiger partial charge in [-0.3, -0.25) is 9.78 Å². The Bertz CT molecular complexity index is 1000. The van der Waals surface area contributed by atoms with Crippen molar-refractivity contribution in [3.05, 3.63) is 75.3 Å². The molecule has 1 aromatic carbocycles. The van der Waals surface area contributed by atoms with Crippen molar-refractivity contribution in [3.8, 4) is 11.3 Å². The van der Waals surface area contributed by atoms with Gasteiger partial charge in [0.1, 0.15) is 5.01 Å². The van der Waals surface area contributed by atoms with Crippen molar-refractivity contribution >= 4 is 34.9 Å². The minimum atomic E-state index is -4.48. The zero-order chi connectivity index (χ0) is 20.1. The number of nitrogens with one attached hydrogen (secondary N) is 1. The fourth-order valence-corrected chi connectivity index (χ4v) is 3.21. The summed E-state index contributed by atoms with van der Waals surface area (Å²) in [4.78, 5) is 20.3. The summed E-state index contributed by atoms with van der Waals surface area (Å²) >= 11 is 7.29. The summed E-state index contributed by atoms with van der Waals surface area (Å²) in [5, 5.41) is 5.34. The number of aromatic nitrogens is 2. The van der Waals surface area contributed by atoms with Gasteiger partial charge >= 0.3 is 6.18 Å². The van der Waals surface area contributed by atoms with Crippen molar-refractivity contribution in [2.24, 2.45) is 0 Å². The molecule has 144 valence electrons.